The molecule has 0 saturated heterocycles. The van der Waals surface area contributed by atoms with Crippen molar-refractivity contribution in [2.45, 2.75) is 71.1 Å². The fourth-order valence-corrected chi connectivity index (χ4v) is 4.19. The summed E-state index contributed by atoms with van der Waals surface area (Å²) in [6, 6.07) is 14.8. The summed E-state index contributed by atoms with van der Waals surface area (Å²) < 4.78 is 13.3. The minimum Gasteiger partial charge on any atom is -0.493 e. The largest absolute Gasteiger partial charge is 0.493 e. The van der Waals surface area contributed by atoms with Crippen LogP contribution in [0.15, 0.2) is 42.5 Å². The first-order valence-electron chi connectivity index (χ1n) is 11.6. The van der Waals surface area contributed by atoms with E-state index < -0.39 is 0 Å². The van der Waals surface area contributed by atoms with E-state index in [0.29, 0.717) is 17.6 Å². The number of aromatic nitrogens is 4. The van der Waals surface area contributed by atoms with Crippen molar-refractivity contribution in [1.29, 1.82) is 0 Å². The Kier molecular flexibility index (Phi) is 7.72. The van der Waals surface area contributed by atoms with Crippen LogP contribution in [0.1, 0.15) is 61.9 Å². The van der Waals surface area contributed by atoms with Gasteiger partial charge in [-0.1, -0.05) is 55.9 Å². The zero-order valence-corrected chi connectivity index (χ0v) is 19.1. The van der Waals surface area contributed by atoms with Crippen LogP contribution in [0.4, 0.5) is 0 Å². The highest BCUT2D eigenvalue weighted by molar-refractivity contribution is 5.43. The van der Waals surface area contributed by atoms with Gasteiger partial charge in [-0.3, -0.25) is 0 Å². The fourth-order valence-electron chi connectivity index (χ4n) is 4.19. The number of rotatable bonds is 8. The highest BCUT2D eigenvalue weighted by atomic mass is 16.5. The lowest BCUT2D eigenvalue weighted by Crippen LogP contribution is -2.29. The first-order valence-corrected chi connectivity index (χ1v) is 11.6. The predicted octanol–water partition coefficient (Wildman–Crippen LogP) is 4.76. The number of aryl methyl sites for hydroxylation is 1. The molecule has 0 bridgehead atoms. The van der Waals surface area contributed by atoms with Crippen LogP contribution >= 0.6 is 0 Å². The molecule has 0 aliphatic heterocycles. The fraction of sp³-hybridized carbons (Fsp3) is 0.480. The lowest BCUT2D eigenvalue weighted by molar-refractivity contribution is 0.273. The van der Waals surface area contributed by atoms with Gasteiger partial charge in [-0.05, 0) is 60.0 Å². The van der Waals surface area contributed by atoms with E-state index in [-0.39, 0.29) is 6.61 Å². The van der Waals surface area contributed by atoms with E-state index in [0.717, 1.165) is 18.0 Å². The molecule has 1 saturated carbocycles. The summed E-state index contributed by atoms with van der Waals surface area (Å²) >= 11 is 0. The molecule has 4 rings (SSSR count). The van der Waals surface area contributed by atoms with Gasteiger partial charge in [0, 0.05) is 12.6 Å². The van der Waals surface area contributed by atoms with Crippen LogP contribution in [0, 0.1) is 6.92 Å². The zero-order valence-electron chi connectivity index (χ0n) is 19.1. The first-order chi connectivity index (χ1) is 15.7. The van der Waals surface area contributed by atoms with Gasteiger partial charge < -0.3 is 14.8 Å². The van der Waals surface area contributed by atoms with Crippen molar-refractivity contribution in [3.63, 3.8) is 0 Å². The van der Waals surface area contributed by atoms with Crippen LogP contribution in [0.25, 0.3) is 5.69 Å². The van der Waals surface area contributed by atoms with Gasteiger partial charge >= 0.3 is 0 Å². The second-order valence-electron chi connectivity index (χ2n) is 8.54. The molecule has 2 aromatic carbocycles. The highest BCUT2D eigenvalue weighted by Gasteiger charge is 2.14. The van der Waals surface area contributed by atoms with Crippen LogP contribution in [-0.2, 0) is 13.2 Å². The number of nitrogens with one attached hydrogen (secondary N) is 1. The van der Waals surface area contributed by atoms with E-state index in [1.54, 1.807) is 11.8 Å². The average Bonchev–Trinajstić information content (AvgIpc) is 3.26. The van der Waals surface area contributed by atoms with Gasteiger partial charge in [-0.25, -0.2) is 0 Å². The van der Waals surface area contributed by atoms with E-state index in [9.17, 15) is 0 Å². The Morgan fingerprint density at radius 2 is 1.72 bits per heavy atom. The summed E-state index contributed by atoms with van der Waals surface area (Å²) in [6.45, 7) is 3.14. The summed E-state index contributed by atoms with van der Waals surface area (Å²) in [5, 5.41) is 15.8. The van der Waals surface area contributed by atoms with E-state index in [2.05, 4.69) is 33.8 Å². The van der Waals surface area contributed by atoms with Crippen molar-refractivity contribution in [3.8, 4) is 17.2 Å². The van der Waals surface area contributed by atoms with Crippen LogP contribution < -0.4 is 14.8 Å². The Balaban J connectivity index is 1.37. The van der Waals surface area contributed by atoms with Crippen molar-refractivity contribution in [2.75, 3.05) is 7.11 Å². The molecule has 1 N–H and O–H groups in total. The maximum atomic E-state index is 6.03. The maximum absolute atomic E-state index is 6.03. The van der Waals surface area contributed by atoms with E-state index in [1.807, 2.05) is 36.4 Å². The molecule has 0 radical (unpaired) electrons. The van der Waals surface area contributed by atoms with Crippen LogP contribution in [0.2, 0.25) is 0 Å². The zero-order chi connectivity index (χ0) is 22.2. The molecule has 3 aromatic rings. The number of tetrazole rings is 1. The van der Waals surface area contributed by atoms with E-state index in [4.69, 9.17) is 9.47 Å². The first kappa shape index (κ1) is 22.3. The van der Waals surface area contributed by atoms with Crippen LogP contribution in [0.3, 0.4) is 0 Å². The topological polar surface area (TPSA) is 74.1 Å². The molecule has 7 heteroatoms. The molecular weight excluding hydrogens is 402 g/mol. The third-order valence-corrected chi connectivity index (χ3v) is 6.10. The molecule has 1 fully saturated rings. The highest BCUT2D eigenvalue weighted by Crippen LogP contribution is 2.29. The molecule has 1 aliphatic rings. The van der Waals surface area contributed by atoms with Gasteiger partial charge in [0.25, 0.3) is 0 Å². The van der Waals surface area contributed by atoms with Gasteiger partial charge in [0.1, 0.15) is 0 Å². The number of nitrogens with zero attached hydrogens (tertiary/aromatic N) is 4. The standard InChI is InChI=1S/C25H33N5O2/c1-19-10-13-22(14-11-19)30-25(27-28-29-30)18-32-23-15-12-20(16-24(23)31-2)17-26-21-8-6-4-3-5-7-9-21/h10-16,21,26H,3-9,17-18H2,1-2H3. The van der Waals surface area contributed by atoms with Gasteiger partial charge in [-0.2, -0.15) is 4.68 Å². The van der Waals surface area contributed by atoms with Gasteiger partial charge in [-0.15, -0.1) is 5.10 Å². The molecule has 170 valence electrons. The van der Waals surface area contributed by atoms with E-state index >= 15 is 0 Å². The van der Waals surface area contributed by atoms with Gasteiger partial charge in [0.15, 0.2) is 23.9 Å². The van der Waals surface area contributed by atoms with Crippen molar-refractivity contribution in [3.05, 3.63) is 59.4 Å². The number of benzene rings is 2. The van der Waals surface area contributed by atoms with Crippen molar-refractivity contribution >= 4 is 0 Å². The molecule has 0 spiro atoms. The third-order valence-electron chi connectivity index (χ3n) is 6.10. The summed E-state index contributed by atoms with van der Waals surface area (Å²) in [5.74, 6) is 2.03. The Hall–Kier alpha value is -2.93. The molecule has 0 amide bonds. The molecule has 1 aliphatic carbocycles. The lowest BCUT2D eigenvalue weighted by atomic mass is 9.96. The Labute approximate surface area is 190 Å². The lowest BCUT2D eigenvalue weighted by Gasteiger charge is -2.21. The molecule has 7 nitrogen and oxygen atoms in total. The normalized spacial score (nSPS) is 15.2. The van der Waals surface area contributed by atoms with Gasteiger partial charge in [0.2, 0.25) is 0 Å². The minimum atomic E-state index is 0.247. The monoisotopic (exact) mass is 435 g/mol. The Morgan fingerprint density at radius 1 is 0.969 bits per heavy atom. The average molecular weight is 436 g/mol. The minimum absolute atomic E-state index is 0.247. The molecule has 1 aromatic heterocycles. The Bertz CT molecular complexity index is 978. The van der Waals surface area contributed by atoms with Crippen molar-refractivity contribution in [1.82, 2.24) is 25.5 Å². The van der Waals surface area contributed by atoms with Crippen LogP contribution in [0.5, 0.6) is 11.5 Å². The molecular formula is C25H33N5O2. The summed E-state index contributed by atoms with van der Waals surface area (Å²) in [4.78, 5) is 0. The van der Waals surface area contributed by atoms with Gasteiger partial charge in [0.05, 0.1) is 12.8 Å². The van der Waals surface area contributed by atoms with Crippen molar-refractivity contribution < 1.29 is 9.47 Å². The second-order valence-corrected chi connectivity index (χ2v) is 8.54. The van der Waals surface area contributed by atoms with Crippen molar-refractivity contribution in [2.24, 2.45) is 0 Å². The summed E-state index contributed by atoms with van der Waals surface area (Å²) in [7, 11) is 1.67. The second kappa shape index (κ2) is 11.1. The predicted molar refractivity (Wildman–Crippen MR) is 124 cm³/mol. The molecule has 1 heterocycles. The summed E-state index contributed by atoms with van der Waals surface area (Å²) in [5.41, 5.74) is 3.29. The molecule has 0 atom stereocenters. The quantitative estimate of drug-likeness (QED) is 0.550. The third kappa shape index (κ3) is 5.85. The molecule has 32 heavy (non-hydrogen) atoms. The smallest absolute Gasteiger partial charge is 0.194 e. The van der Waals surface area contributed by atoms with E-state index in [1.165, 1.54) is 56.1 Å². The number of hydrogen-bond donors (Lipinski definition) is 1. The number of ether oxygens (including phenoxy) is 2. The SMILES string of the molecule is COc1cc(CNC2CCCCCCC2)ccc1OCc1nnnn1-c1ccc(C)cc1. The molecule has 0 unspecified atom stereocenters. The Morgan fingerprint density at radius 3 is 2.47 bits per heavy atom. The number of methoxy groups -OCH3 is 1. The summed E-state index contributed by atoms with van der Waals surface area (Å²) in [6.07, 6.45) is 9.33. The maximum Gasteiger partial charge on any atom is 0.194 e. The number of hydrogen-bond acceptors (Lipinski definition) is 6. The van der Waals surface area contributed by atoms with Crippen LogP contribution in [-0.4, -0.2) is 33.4 Å².